The van der Waals surface area contributed by atoms with E-state index in [9.17, 15) is 10.1 Å². The zero-order valence-electron chi connectivity index (χ0n) is 11.9. The molecule has 1 atom stereocenters. The lowest BCUT2D eigenvalue weighted by Crippen LogP contribution is -2.27. The smallest absolute Gasteiger partial charge is 0.270 e. The number of halogens is 1. The lowest BCUT2D eigenvalue weighted by molar-refractivity contribution is -0.384. The topological polar surface area (TPSA) is 68.3 Å². The summed E-state index contributed by atoms with van der Waals surface area (Å²) in [6.07, 6.45) is 0.750. The van der Waals surface area contributed by atoms with E-state index in [-0.39, 0.29) is 5.69 Å². The summed E-state index contributed by atoms with van der Waals surface area (Å²) in [6.45, 7) is 5.02. The molecule has 6 heteroatoms. The molecule has 21 heavy (non-hydrogen) atoms. The first-order valence-corrected chi connectivity index (χ1v) is 7.15. The Morgan fingerprint density at radius 3 is 2.81 bits per heavy atom. The van der Waals surface area contributed by atoms with Gasteiger partial charge in [0.1, 0.15) is 11.5 Å². The van der Waals surface area contributed by atoms with E-state index in [0.717, 1.165) is 18.7 Å². The SMILES string of the molecule is CCNC(C)Cc1ccc(-c2cc([N+](=O)[O-])ccc2Cl)o1. The van der Waals surface area contributed by atoms with Crippen molar-refractivity contribution in [3.8, 4) is 11.3 Å². The van der Waals surface area contributed by atoms with Gasteiger partial charge in [-0.15, -0.1) is 0 Å². The van der Waals surface area contributed by atoms with Crippen LogP contribution in [0.5, 0.6) is 0 Å². The molecule has 2 rings (SSSR count). The van der Waals surface area contributed by atoms with Crippen LogP contribution in [-0.2, 0) is 6.42 Å². The number of furan rings is 1. The number of nitrogens with zero attached hydrogens (tertiary/aromatic N) is 1. The van der Waals surface area contributed by atoms with E-state index >= 15 is 0 Å². The van der Waals surface area contributed by atoms with Crippen molar-refractivity contribution < 1.29 is 9.34 Å². The van der Waals surface area contributed by atoms with Crippen molar-refractivity contribution >= 4 is 17.3 Å². The summed E-state index contributed by atoms with van der Waals surface area (Å²) in [5.74, 6) is 1.36. The largest absolute Gasteiger partial charge is 0.461 e. The molecule has 1 N–H and O–H groups in total. The van der Waals surface area contributed by atoms with Crippen molar-refractivity contribution in [1.82, 2.24) is 5.32 Å². The number of nitrogens with one attached hydrogen (secondary N) is 1. The summed E-state index contributed by atoms with van der Waals surface area (Å²) in [5.41, 5.74) is 0.529. The standard InChI is InChI=1S/C15H17ClN2O3/c1-3-17-10(2)8-12-5-7-15(21-12)13-9-11(18(19)20)4-6-14(13)16/h4-7,9-10,17H,3,8H2,1-2H3. The van der Waals surface area contributed by atoms with Gasteiger partial charge >= 0.3 is 0 Å². The van der Waals surface area contributed by atoms with Crippen LogP contribution >= 0.6 is 11.6 Å². The Balaban J connectivity index is 2.25. The first-order valence-electron chi connectivity index (χ1n) is 6.77. The molecule has 0 fully saturated rings. The average Bonchev–Trinajstić information content (AvgIpc) is 2.87. The molecular formula is C15H17ClN2O3. The van der Waals surface area contributed by atoms with Crippen molar-refractivity contribution in [2.75, 3.05) is 6.54 Å². The van der Waals surface area contributed by atoms with Crippen LogP contribution in [0.3, 0.4) is 0 Å². The summed E-state index contributed by atoms with van der Waals surface area (Å²) in [6, 6.07) is 8.28. The molecule has 0 spiro atoms. The van der Waals surface area contributed by atoms with Gasteiger partial charge in [-0.2, -0.15) is 0 Å². The molecule has 1 aromatic heterocycles. The van der Waals surface area contributed by atoms with Gasteiger partial charge < -0.3 is 9.73 Å². The highest BCUT2D eigenvalue weighted by Gasteiger charge is 2.15. The minimum absolute atomic E-state index is 0.00614. The molecule has 1 aromatic carbocycles. The second-order valence-electron chi connectivity index (χ2n) is 4.85. The number of rotatable bonds is 6. The normalized spacial score (nSPS) is 12.3. The monoisotopic (exact) mass is 308 g/mol. The van der Waals surface area contributed by atoms with Crippen LogP contribution in [-0.4, -0.2) is 17.5 Å². The zero-order chi connectivity index (χ0) is 15.4. The molecule has 5 nitrogen and oxygen atoms in total. The number of hydrogen-bond acceptors (Lipinski definition) is 4. The predicted molar refractivity (Wildman–Crippen MR) is 82.7 cm³/mol. The quantitative estimate of drug-likeness (QED) is 0.645. The number of benzene rings is 1. The first kappa shape index (κ1) is 15.5. The summed E-state index contributed by atoms with van der Waals surface area (Å²) in [7, 11) is 0. The number of likely N-dealkylation sites (N-methyl/N-ethyl adjacent to an activating group) is 1. The van der Waals surface area contributed by atoms with E-state index in [1.165, 1.54) is 18.2 Å². The Labute approximate surface area is 128 Å². The zero-order valence-corrected chi connectivity index (χ0v) is 12.7. The van der Waals surface area contributed by atoms with E-state index < -0.39 is 4.92 Å². The maximum atomic E-state index is 10.8. The molecule has 0 aliphatic heterocycles. The van der Waals surface area contributed by atoms with Crippen LogP contribution in [0, 0.1) is 10.1 Å². The minimum atomic E-state index is -0.447. The van der Waals surface area contributed by atoms with Gasteiger partial charge in [0, 0.05) is 30.2 Å². The fourth-order valence-corrected chi connectivity index (χ4v) is 2.38. The van der Waals surface area contributed by atoms with Crippen molar-refractivity contribution in [2.45, 2.75) is 26.3 Å². The highest BCUT2D eigenvalue weighted by molar-refractivity contribution is 6.33. The Morgan fingerprint density at radius 1 is 1.38 bits per heavy atom. The van der Waals surface area contributed by atoms with E-state index in [4.69, 9.17) is 16.0 Å². The van der Waals surface area contributed by atoms with Crippen LogP contribution in [0.4, 0.5) is 5.69 Å². The molecule has 0 amide bonds. The first-order chi connectivity index (χ1) is 10.0. The number of nitro groups is 1. The third-order valence-corrected chi connectivity index (χ3v) is 3.48. The average molecular weight is 309 g/mol. The Bertz CT molecular complexity index is 640. The lowest BCUT2D eigenvalue weighted by atomic mass is 10.1. The predicted octanol–water partition coefficient (Wildman–Crippen LogP) is 4.05. The van der Waals surface area contributed by atoms with E-state index in [2.05, 4.69) is 12.2 Å². The Hall–Kier alpha value is -1.85. The van der Waals surface area contributed by atoms with E-state index in [1.54, 1.807) is 6.07 Å². The molecule has 0 saturated heterocycles. The maximum Gasteiger partial charge on any atom is 0.270 e. The third kappa shape index (κ3) is 3.83. The number of hydrogen-bond donors (Lipinski definition) is 1. The van der Waals surface area contributed by atoms with Crippen molar-refractivity contribution in [2.24, 2.45) is 0 Å². The second kappa shape index (κ2) is 6.74. The molecule has 1 heterocycles. The maximum absolute atomic E-state index is 10.8. The Morgan fingerprint density at radius 2 is 2.14 bits per heavy atom. The number of nitro benzene ring substituents is 1. The molecule has 0 bridgehead atoms. The lowest BCUT2D eigenvalue weighted by Gasteiger charge is -2.09. The van der Waals surface area contributed by atoms with Gasteiger partial charge in [-0.05, 0) is 31.7 Å². The molecule has 0 aliphatic rings. The van der Waals surface area contributed by atoms with Gasteiger partial charge in [-0.1, -0.05) is 18.5 Å². The van der Waals surface area contributed by atoms with Gasteiger partial charge in [0.05, 0.1) is 9.95 Å². The van der Waals surface area contributed by atoms with Gasteiger partial charge in [0.25, 0.3) is 5.69 Å². The molecule has 0 saturated carbocycles. The fourth-order valence-electron chi connectivity index (χ4n) is 2.17. The van der Waals surface area contributed by atoms with E-state index in [1.807, 2.05) is 13.0 Å². The fraction of sp³-hybridized carbons (Fsp3) is 0.333. The van der Waals surface area contributed by atoms with Gasteiger partial charge in [-0.25, -0.2) is 0 Å². The third-order valence-electron chi connectivity index (χ3n) is 3.15. The van der Waals surface area contributed by atoms with Crippen LogP contribution in [0.1, 0.15) is 19.6 Å². The minimum Gasteiger partial charge on any atom is -0.461 e. The molecule has 112 valence electrons. The highest BCUT2D eigenvalue weighted by atomic mass is 35.5. The molecular weight excluding hydrogens is 292 g/mol. The molecule has 1 unspecified atom stereocenters. The van der Waals surface area contributed by atoms with Gasteiger partial charge in [0.15, 0.2) is 0 Å². The summed E-state index contributed by atoms with van der Waals surface area (Å²) >= 11 is 6.11. The van der Waals surface area contributed by atoms with Crippen molar-refractivity contribution in [3.63, 3.8) is 0 Å². The molecule has 2 aromatic rings. The van der Waals surface area contributed by atoms with Gasteiger partial charge in [0.2, 0.25) is 0 Å². The van der Waals surface area contributed by atoms with Crippen molar-refractivity contribution in [3.05, 3.63) is 51.2 Å². The number of non-ortho nitro benzene ring substituents is 1. The van der Waals surface area contributed by atoms with Crippen LogP contribution in [0.2, 0.25) is 5.02 Å². The van der Waals surface area contributed by atoms with Gasteiger partial charge in [-0.3, -0.25) is 10.1 Å². The van der Waals surface area contributed by atoms with Crippen molar-refractivity contribution in [1.29, 1.82) is 0 Å². The highest BCUT2D eigenvalue weighted by Crippen LogP contribution is 2.32. The summed E-state index contributed by atoms with van der Waals surface area (Å²) in [5, 5.41) is 14.6. The van der Waals surface area contributed by atoms with Crippen LogP contribution < -0.4 is 5.32 Å². The summed E-state index contributed by atoms with van der Waals surface area (Å²) < 4.78 is 5.76. The molecule has 0 aliphatic carbocycles. The molecule has 0 radical (unpaired) electrons. The summed E-state index contributed by atoms with van der Waals surface area (Å²) in [4.78, 5) is 10.4. The Kier molecular flexibility index (Phi) is 4.98. The van der Waals surface area contributed by atoms with Crippen LogP contribution in [0.15, 0.2) is 34.7 Å². The second-order valence-corrected chi connectivity index (χ2v) is 5.26. The van der Waals surface area contributed by atoms with Crippen LogP contribution in [0.25, 0.3) is 11.3 Å². The van der Waals surface area contributed by atoms with E-state index in [0.29, 0.717) is 22.4 Å².